The van der Waals surface area contributed by atoms with Crippen molar-refractivity contribution in [3.63, 3.8) is 0 Å². The molecule has 18 heavy (non-hydrogen) atoms. The van der Waals surface area contributed by atoms with E-state index in [1.54, 1.807) is 0 Å². The van der Waals surface area contributed by atoms with Crippen LogP contribution in [0.5, 0.6) is 0 Å². The predicted molar refractivity (Wildman–Crippen MR) is 81.1 cm³/mol. The number of hydrogen-bond donors (Lipinski definition) is 2. The third-order valence-corrected chi connectivity index (χ3v) is 3.76. The number of benzene rings is 1. The summed E-state index contributed by atoms with van der Waals surface area (Å²) in [6.07, 6.45) is 2.65. The highest BCUT2D eigenvalue weighted by atomic mass is 32.1. The summed E-state index contributed by atoms with van der Waals surface area (Å²) >= 11 is 5.06. The van der Waals surface area contributed by atoms with E-state index in [-0.39, 0.29) is 0 Å². The maximum Gasteiger partial charge on any atom is 0.106 e. The standard InChI is InChI=1S/C14H21N3S/c1-11(17-8-4-5-9-17)10-16-13-7-3-2-6-12(13)14(15)18/h2-3,6-7,11,16H,4-5,8-10H2,1H3,(H2,15,18). The van der Waals surface area contributed by atoms with Gasteiger partial charge in [-0.05, 0) is 45.0 Å². The molecular formula is C14H21N3S. The van der Waals surface area contributed by atoms with Gasteiger partial charge in [-0.3, -0.25) is 4.90 Å². The molecule has 2 rings (SSSR count). The van der Waals surface area contributed by atoms with E-state index in [1.165, 1.54) is 25.9 Å². The maximum atomic E-state index is 5.72. The van der Waals surface area contributed by atoms with Crippen LogP contribution in [0.4, 0.5) is 5.69 Å². The molecule has 0 spiro atoms. The van der Waals surface area contributed by atoms with Crippen molar-refractivity contribution in [2.24, 2.45) is 5.73 Å². The van der Waals surface area contributed by atoms with Gasteiger partial charge in [0.1, 0.15) is 4.99 Å². The Kier molecular flexibility index (Phi) is 4.55. The second-order valence-corrected chi connectivity index (χ2v) is 5.32. The van der Waals surface area contributed by atoms with Crippen molar-refractivity contribution in [1.82, 2.24) is 4.90 Å². The number of hydrogen-bond acceptors (Lipinski definition) is 3. The molecule has 4 heteroatoms. The minimum atomic E-state index is 0.451. The lowest BCUT2D eigenvalue weighted by atomic mass is 10.1. The van der Waals surface area contributed by atoms with Crippen LogP contribution in [0.25, 0.3) is 0 Å². The molecule has 1 unspecified atom stereocenters. The average Bonchev–Trinajstić information content (AvgIpc) is 2.90. The molecule has 3 N–H and O–H groups in total. The monoisotopic (exact) mass is 263 g/mol. The van der Waals surface area contributed by atoms with Gasteiger partial charge >= 0.3 is 0 Å². The lowest BCUT2D eigenvalue weighted by molar-refractivity contribution is 0.269. The topological polar surface area (TPSA) is 41.3 Å². The number of likely N-dealkylation sites (tertiary alicyclic amines) is 1. The van der Waals surface area contributed by atoms with Gasteiger partial charge in [-0.2, -0.15) is 0 Å². The SMILES string of the molecule is CC(CNc1ccccc1C(N)=S)N1CCCC1. The Morgan fingerprint density at radius 1 is 1.39 bits per heavy atom. The Hall–Kier alpha value is -1.13. The minimum absolute atomic E-state index is 0.451. The van der Waals surface area contributed by atoms with E-state index in [1.807, 2.05) is 24.3 Å². The molecule has 1 aromatic carbocycles. The van der Waals surface area contributed by atoms with E-state index < -0.39 is 0 Å². The molecule has 0 bridgehead atoms. The van der Waals surface area contributed by atoms with Crippen molar-refractivity contribution >= 4 is 22.9 Å². The van der Waals surface area contributed by atoms with Crippen LogP contribution in [0, 0.1) is 0 Å². The van der Waals surface area contributed by atoms with Gasteiger partial charge in [0, 0.05) is 23.8 Å². The van der Waals surface area contributed by atoms with E-state index in [0.717, 1.165) is 17.8 Å². The Morgan fingerprint density at radius 3 is 2.72 bits per heavy atom. The molecule has 0 aliphatic carbocycles. The summed E-state index contributed by atoms with van der Waals surface area (Å²) in [6.45, 7) is 5.64. The second-order valence-electron chi connectivity index (χ2n) is 4.88. The van der Waals surface area contributed by atoms with Crippen molar-refractivity contribution in [2.75, 3.05) is 25.0 Å². The summed E-state index contributed by atoms with van der Waals surface area (Å²) in [6, 6.07) is 8.51. The van der Waals surface area contributed by atoms with Gasteiger partial charge in [0.25, 0.3) is 0 Å². The lowest BCUT2D eigenvalue weighted by Gasteiger charge is -2.24. The third kappa shape index (κ3) is 3.21. The first-order valence-corrected chi connectivity index (χ1v) is 6.96. The third-order valence-electron chi connectivity index (χ3n) is 3.54. The number of thiocarbonyl (C=S) groups is 1. The Balaban J connectivity index is 1.95. The van der Waals surface area contributed by atoms with Crippen molar-refractivity contribution in [1.29, 1.82) is 0 Å². The molecule has 1 aliphatic heterocycles. The van der Waals surface area contributed by atoms with Gasteiger partial charge in [0.2, 0.25) is 0 Å². The Bertz CT molecular complexity index is 413. The zero-order valence-corrected chi connectivity index (χ0v) is 11.7. The molecule has 1 aromatic rings. The molecule has 1 saturated heterocycles. The highest BCUT2D eigenvalue weighted by molar-refractivity contribution is 7.80. The first kappa shape index (κ1) is 13.3. The van der Waals surface area contributed by atoms with Crippen LogP contribution in [-0.4, -0.2) is 35.6 Å². The maximum absolute atomic E-state index is 5.72. The van der Waals surface area contributed by atoms with E-state index in [2.05, 4.69) is 17.1 Å². The largest absolute Gasteiger partial charge is 0.389 e. The van der Waals surface area contributed by atoms with Crippen LogP contribution >= 0.6 is 12.2 Å². The smallest absolute Gasteiger partial charge is 0.106 e. The number of rotatable bonds is 5. The number of nitrogens with zero attached hydrogens (tertiary/aromatic N) is 1. The summed E-state index contributed by atoms with van der Waals surface area (Å²) in [5, 5.41) is 3.46. The van der Waals surface area contributed by atoms with Gasteiger partial charge in [0.15, 0.2) is 0 Å². The predicted octanol–water partition coefficient (Wildman–Crippen LogP) is 2.22. The van der Waals surface area contributed by atoms with Gasteiger partial charge in [-0.1, -0.05) is 24.4 Å². The fourth-order valence-corrected chi connectivity index (χ4v) is 2.60. The molecular weight excluding hydrogens is 242 g/mol. The van der Waals surface area contributed by atoms with Crippen LogP contribution in [-0.2, 0) is 0 Å². The van der Waals surface area contributed by atoms with Crippen LogP contribution in [0.2, 0.25) is 0 Å². The van der Waals surface area contributed by atoms with E-state index in [4.69, 9.17) is 18.0 Å². The number of para-hydroxylation sites is 1. The molecule has 0 aromatic heterocycles. The average molecular weight is 263 g/mol. The summed E-state index contributed by atoms with van der Waals surface area (Å²) < 4.78 is 0. The lowest BCUT2D eigenvalue weighted by Crippen LogP contribution is -2.35. The van der Waals surface area contributed by atoms with Crippen molar-refractivity contribution in [2.45, 2.75) is 25.8 Å². The quantitative estimate of drug-likeness (QED) is 0.799. The van der Waals surface area contributed by atoms with E-state index in [9.17, 15) is 0 Å². The zero-order chi connectivity index (χ0) is 13.0. The van der Waals surface area contributed by atoms with Crippen LogP contribution in [0.15, 0.2) is 24.3 Å². The minimum Gasteiger partial charge on any atom is -0.389 e. The molecule has 1 atom stereocenters. The van der Waals surface area contributed by atoms with Crippen LogP contribution in [0.3, 0.4) is 0 Å². The van der Waals surface area contributed by atoms with E-state index in [0.29, 0.717) is 11.0 Å². The zero-order valence-electron chi connectivity index (χ0n) is 10.9. The van der Waals surface area contributed by atoms with Crippen molar-refractivity contribution < 1.29 is 0 Å². The summed E-state index contributed by atoms with van der Waals surface area (Å²) in [7, 11) is 0. The molecule has 3 nitrogen and oxygen atoms in total. The van der Waals surface area contributed by atoms with Gasteiger partial charge in [-0.15, -0.1) is 0 Å². The fraction of sp³-hybridized carbons (Fsp3) is 0.500. The van der Waals surface area contributed by atoms with E-state index >= 15 is 0 Å². The van der Waals surface area contributed by atoms with Crippen molar-refractivity contribution in [3.05, 3.63) is 29.8 Å². The Morgan fingerprint density at radius 2 is 2.06 bits per heavy atom. The highest BCUT2D eigenvalue weighted by Gasteiger charge is 2.17. The van der Waals surface area contributed by atoms with Crippen LogP contribution in [0.1, 0.15) is 25.3 Å². The molecule has 1 fully saturated rings. The number of anilines is 1. The molecule has 98 valence electrons. The highest BCUT2D eigenvalue weighted by Crippen LogP contribution is 2.16. The second kappa shape index (κ2) is 6.16. The Labute approximate surface area is 114 Å². The molecule has 1 aliphatic rings. The first-order chi connectivity index (χ1) is 8.68. The molecule has 1 heterocycles. The molecule has 0 amide bonds. The van der Waals surface area contributed by atoms with Gasteiger partial charge in [-0.25, -0.2) is 0 Å². The molecule has 0 saturated carbocycles. The summed E-state index contributed by atoms with van der Waals surface area (Å²) in [4.78, 5) is 2.98. The first-order valence-electron chi connectivity index (χ1n) is 6.55. The van der Waals surface area contributed by atoms with Crippen LogP contribution < -0.4 is 11.1 Å². The molecule has 0 radical (unpaired) electrons. The van der Waals surface area contributed by atoms with Crippen molar-refractivity contribution in [3.8, 4) is 0 Å². The summed E-state index contributed by atoms with van der Waals surface area (Å²) in [5.74, 6) is 0. The normalized spacial score (nSPS) is 17.6. The van der Waals surface area contributed by atoms with Gasteiger partial charge in [0.05, 0.1) is 0 Å². The number of nitrogens with two attached hydrogens (primary N) is 1. The van der Waals surface area contributed by atoms with Gasteiger partial charge < -0.3 is 11.1 Å². The number of nitrogens with one attached hydrogen (secondary N) is 1. The summed E-state index contributed by atoms with van der Waals surface area (Å²) in [5.41, 5.74) is 7.69. The fourth-order valence-electron chi connectivity index (χ4n) is 2.42.